The molecule has 0 saturated carbocycles. The summed E-state index contributed by atoms with van der Waals surface area (Å²) in [7, 11) is 0. The van der Waals surface area contributed by atoms with Gasteiger partial charge < -0.3 is 4.90 Å². The Morgan fingerprint density at radius 2 is 2.00 bits per heavy atom. The minimum atomic E-state index is 0.787. The van der Waals surface area contributed by atoms with Crippen LogP contribution in [0, 0.1) is 5.92 Å². The molecule has 0 heterocycles. The fourth-order valence-corrected chi connectivity index (χ4v) is 1.59. The van der Waals surface area contributed by atoms with Gasteiger partial charge >= 0.3 is 0 Å². The van der Waals surface area contributed by atoms with E-state index in [9.17, 15) is 0 Å². The Bertz CT molecular complexity index is 118. The predicted octanol–water partition coefficient (Wildman–Crippen LogP) is 3.32. The molecule has 13 heavy (non-hydrogen) atoms. The van der Waals surface area contributed by atoms with Gasteiger partial charge in [0.15, 0.2) is 0 Å². The van der Waals surface area contributed by atoms with Gasteiger partial charge in [-0.05, 0) is 38.3 Å². The lowest BCUT2D eigenvalue weighted by molar-refractivity contribution is 0.242. The molecular weight excluding hydrogens is 158 g/mol. The first kappa shape index (κ1) is 12.7. The van der Waals surface area contributed by atoms with Crippen molar-refractivity contribution in [3.63, 3.8) is 0 Å². The van der Waals surface area contributed by atoms with Gasteiger partial charge in [-0.25, -0.2) is 0 Å². The molecule has 1 heteroatoms. The number of nitrogens with zero attached hydrogens (tertiary/aromatic N) is 1. The van der Waals surface area contributed by atoms with Gasteiger partial charge in [0.2, 0.25) is 0 Å². The van der Waals surface area contributed by atoms with E-state index in [4.69, 9.17) is 0 Å². The summed E-state index contributed by atoms with van der Waals surface area (Å²) in [5.74, 6) is 0.787. The van der Waals surface area contributed by atoms with Crippen molar-refractivity contribution in [1.82, 2.24) is 4.90 Å². The highest BCUT2D eigenvalue weighted by atomic mass is 15.1. The molecule has 0 unspecified atom stereocenters. The van der Waals surface area contributed by atoms with Crippen LogP contribution in [0.5, 0.6) is 0 Å². The van der Waals surface area contributed by atoms with Gasteiger partial charge in [0, 0.05) is 6.54 Å². The SMILES string of the molecule is C=CCCCN(CCC)CC(C)C. The molecule has 0 aromatic carbocycles. The van der Waals surface area contributed by atoms with Crippen LogP contribution >= 0.6 is 0 Å². The number of hydrogen-bond donors (Lipinski definition) is 0. The van der Waals surface area contributed by atoms with Crippen LogP contribution in [0.15, 0.2) is 12.7 Å². The van der Waals surface area contributed by atoms with Crippen molar-refractivity contribution in [3.05, 3.63) is 12.7 Å². The zero-order valence-electron chi connectivity index (χ0n) is 9.55. The van der Waals surface area contributed by atoms with Crippen LogP contribution in [-0.4, -0.2) is 24.5 Å². The van der Waals surface area contributed by atoms with E-state index in [1.54, 1.807) is 0 Å². The normalized spacial score (nSPS) is 11.2. The summed E-state index contributed by atoms with van der Waals surface area (Å²) in [5.41, 5.74) is 0. The quantitative estimate of drug-likeness (QED) is 0.412. The summed E-state index contributed by atoms with van der Waals surface area (Å²) >= 11 is 0. The second kappa shape index (κ2) is 8.31. The first-order chi connectivity index (χ1) is 6.20. The molecular formula is C12H25N. The fourth-order valence-electron chi connectivity index (χ4n) is 1.59. The van der Waals surface area contributed by atoms with Crippen molar-refractivity contribution in [2.24, 2.45) is 5.92 Å². The van der Waals surface area contributed by atoms with E-state index in [1.807, 2.05) is 6.08 Å². The van der Waals surface area contributed by atoms with Gasteiger partial charge in [-0.2, -0.15) is 0 Å². The smallest absolute Gasteiger partial charge is 0.000438 e. The third kappa shape index (κ3) is 8.04. The third-order valence-electron chi connectivity index (χ3n) is 2.05. The zero-order valence-corrected chi connectivity index (χ0v) is 9.55. The largest absolute Gasteiger partial charge is 0.303 e. The van der Waals surface area contributed by atoms with Gasteiger partial charge in [-0.15, -0.1) is 6.58 Å². The Morgan fingerprint density at radius 3 is 2.46 bits per heavy atom. The minimum absolute atomic E-state index is 0.787. The summed E-state index contributed by atoms with van der Waals surface area (Å²) in [6, 6.07) is 0. The maximum atomic E-state index is 3.75. The Morgan fingerprint density at radius 1 is 1.31 bits per heavy atom. The number of rotatable bonds is 8. The molecule has 0 saturated heterocycles. The van der Waals surface area contributed by atoms with Crippen LogP contribution in [0.1, 0.15) is 40.0 Å². The molecule has 78 valence electrons. The molecule has 0 atom stereocenters. The predicted molar refractivity (Wildman–Crippen MR) is 61.0 cm³/mol. The molecule has 0 amide bonds. The summed E-state index contributed by atoms with van der Waals surface area (Å²) in [5, 5.41) is 0. The van der Waals surface area contributed by atoms with Crippen molar-refractivity contribution in [3.8, 4) is 0 Å². The lowest BCUT2D eigenvalue weighted by atomic mass is 10.2. The minimum Gasteiger partial charge on any atom is -0.303 e. The Labute approximate surface area is 83.8 Å². The van der Waals surface area contributed by atoms with Gasteiger partial charge in [-0.1, -0.05) is 26.8 Å². The molecule has 0 radical (unpaired) electrons. The summed E-state index contributed by atoms with van der Waals surface area (Å²) in [6.07, 6.45) is 5.69. The van der Waals surface area contributed by atoms with Crippen LogP contribution in [0.2, 0.25) is 0 Å². The molecule has 0 rings (SSSR count). The van der Waals surface area contributed by atoms with Crippen LogP contribution in [0.3, 0.4) is 0 Å². The molecule has 0 fully saturated rings. The van der Waals surface area contributed by atoms with Gasteiger partial charge in [0.25, 0.3) is 0 Å². The lowest BCUT2D eigenvalue weighted by Crippen LogP contribution is -2.29. The first-order valence-corrected chi connectivity index (χ1v) is 5.54. The van der Waals surface area contributed by atoms with Crippen LogP contribution in [0.25, 0.3) is 0 Å². The Kier molecular flexibility index (Phi) is 8.11. The zero-order chi connectivity index (χ0) is 10.1. The Balaban J connectivity index is 3.59. The summed E-state index contributed by atoms with van der Waals surface area (Å²) < 4.78 is 0. The van der Waals surface area contributed by atoms with Crippen molar-refractivity contribution in [2.45, 2.75) is 40.0 Å². The number of allylic oxidation sites excluding steroid dienone is 1. The van der Waals surface area contributed by atoms with E-state index in [1.165, 1.54) is 32.5 Å². The summed E-state index contributed by atoms with van der Waals surface area (Å²) in [6.45, 7) is 14.3. The molecule has 1 nitrogen and oxygen atoms in total. The van der Waals surface area contributed by atoms with E-state index in [0.717, 1.165) is 12.3 Å². The monoisotopic (exact) mass is 183 g/mol. The first-order valence-electron chi connectivity index (χ1n) is 5.54. The molecule has 0 aromatic heterocycles. The average molecular weight is 183 g/mol. The van der Waals surface area contributed by atoms with E-state index in [2.05, 4.69) is 32.3 Å². The molecule has 0 aliphatic heterocycles. The molecule has 0 aliphatic rings. The van der Waals surface area contributed by atoms with E-state index < -0.39 is 0 Å². The highest BCUT2D eigenvalue weighted by molar-refractivity contribution is 4.68. The summed E-state index contributed by atoms with van der Waals surface area (Å²) in [4.78, 5) is 2.56. The molecule has 0 aliphatic carbocycles. The maximum absolute atomic E-state index is 3.75. The molecule has 0 aromatic rings. The number of hydrogen-bond acceptors (Lipinski definition) is 1. The van der Waals surface area contributed by atoms with Gasteiger partial charge in [0.1, 0.15) is 0 Å². The van der Waals surface area contributed by atoms with Crippen molar-refractivity contribution in [1.29, 1.82) is 0 Å². The molecule has 0 N–H and O–H groups in total. The standard InChI is InChI=1S/C12H25N/c1-5-7-8-10-13(9-6-2)11-12(3)4/h5,12H,1,6-11H2,2-4H3. The highest BCUT2D eigenvalue weighted by Gasteiger charge is 2.04. The topological polar surface area (TPSA) is 3.24 Å². The lowest BCUT2D eigenvalue weighted by Gasteiger charge is -2.23. The van der Waals surface area contributed by atoms with Crippen LogP contribution in [-0.2, 0) is 0 Å². The average Bonchev–Trinajstić information content (AvgIpc) is 2.04. The molecule has 0 spiro atoms. The molecule has 0 bridgehead atoms. The third-order valence-corrected chi connectivity index (χ3v) is 2.05. The van der Waals surface area contributed by atoms with Gasteiger partial charge in [-0.3, -0.25) is 0 Å². The maximum Gasteiger partial charge on any atom is 0.000438 e. The van der Waals surface area contributed by atoms with Crippen LogP contribution < -0.4 is 0 Å². The Hall–Kier alpha value is -0.300. The van der Waals surface area contributed by atoms with Crippen molar-refractivity contribution < 1.29 is 0 Å². The van der Waals surface area contributed by atoms with E-state index in [-0.39, 0.29) is 0 Å². The second-order valence-electron chi connectivity index (χ2n) is 4.13. The van der Waals surface area contributed by atoms with E-state index >= 15 is 0 Å². The van der Waals surface area contributed by atoms with Crippen LogP contribution in [0.4, 0.5) is 0 Å². The van der Waals surface area contributed by atoms with Gasteiger partial charge in [0.05, 0.1) is 0 Å². The van der Waals surface area contributed by atoms with Crippen molar-refractivity contribution in [2.75, 3.05) is 19.6 Å². The highest BCUT2D eigenvalue weighted by Crippen LogP contribution is 2.02. The van der Waals surface area contributed by atoms with E-state index in [0.29, 0.717) is 0 Å². The fraction of sp³-hybridized carbons (Fsp3) is 0.833. The second-order valence-corrected chi connectivity index (χ2v) is 4.13. The number of unbranched alkanes of at least 4 members (excludes halogenated alkanes) is 1. The van der Waals surface area contributed by atoms with Crippen molar-refractivity contribution >= 4 is 0 Å².